The minimum atomic E-state index is -3.93. The van der Waals surface area contributed by atoms with Crippen molar-refractivity contribution in [1.82, 2.24) is 14.9 Å². The summed E-state index contributed by atoms with van der Waals surface area (Å²) in [6, 6.07) is 7.30. The van der Waals surface area contributed by atoms with Gasteiger partial charge in [0.25, 0.3) is 11.5 Å². The van der Waals surface area contributed by atoms with Gasteiger partial charge in [0.15, 0.2) is 12.3 Å². The quantitative estimate of drug-likeness (QED) is 0.179. The second-order valence-electron chi connectivity index (χ2n) is 8.56. The Morgan fingerprint density at radius 1 is 1.21 bits per heavy atom. The maximum absolute atomic E-state index is 13.4. The number of carboxylic acids is 1. The Kier molecular flexibility index (Phi) is 10.7. The molecule has 1 aromatic heterocycles. The van der Waals surface area contributed by atoms with E-state index >= 15 is 0 Å². The third-order valence-corrected chi connectivity index (χ3v) is 7.53. The van der Waals surface area contributed by atoms with Gasteiger partial charge >= 0.3 is 18.4 Å². The van der Waals surface area contributed by atoms with Gasteiger partial charge in [-0.05, 0) is 24.3 Å². The molecule has 0 radical (unpaired) electrons. The molecular weight excluding hydrogens is 557 g/mol. The van der Waals surface area contributed by atoms with E-state index in [1.807, 2.05) is 0 Å². The van der Waals surface area contributed by atoms with Crippen molar-refractivity contribution in [2.24, 2.45) is 0 Å². The van der Waals surface area contributed by atoms with Gasteiger partial charge in [0.1, 0.15) is 18.2 Å². The maximum Gasteiger partial charge on any atom is 0.330 e. The van der Waals surface area contributed by atoms with Crippen molar-refractivity contribution in [3.8, 4) is 0 Å². The fourth-order valence-electron chi connectivity index (χ4n) is 3.91. The fraction of sp³-hybridized carbons (Fsp3) is 0.478. The van der Waals surface area contributed by atoms with Gasteiger partial charge in [-0.15, -0.1) is 0 Å². The van der Waals surface area contributed by atoms with Crippen LogP contribution in [0.25, 0.3) is 0 Å². The van der Waals surface area contributed by atoms with Crippen LogP contribution in [0.3, 0.4) is 0 Å². The van der Waals surface area contributed by atoms with Crippen molar-refractivity contribution in [2.75, 3.05) is 27.4 Å². The summed E-state index contributed by atoms with van der Waals surface area (Å²) in [6.07, 6.45) is -4.48. The van der Waals surface area contributed by atoms with E-state index in [9.17, 15) is 29.2 Å². The summed E-state index contributed by atoms with van der Waals surface area (Å²) < 4.78 is 28.3. The first-order valence-electron chi connectivity index (χ1n) is 11.7. The van der Waals surface area contributed by atoms with Gasteiger partial charge in [-0.1, -0.05) is 30.3 Å². The molecule has 3 rings (SSSR count). The molecule has 1 saturated heterocycles. The first kappa shape index (κ1) is 30.8. The number of hydrogen-bond donors (Lipinski definition) is 4. The van der Waals surface area contributed by atoms with Crippen LogP contribution < -0.4 is 16.6 Å². The molecule has 0 aliphatic carbocycles. The molecule has 16 heteroatoms. The molecule has 1 fully saturated rings. The van der Waals surface area contributed by atoms with Gasteiger partial charge in [0, 0.05) is 32.4 Å². The van der Waals surface area contributed by atoms with E-state index in [0.29, 0.717) is 5.56 Å². The highest BCUT2D eigenvalue weighted by atomic mass is 32.5. The molecule has 2 heterocycles. The van der Waals surface area contributed by atoms with Crippen molar-refractivity contribution in [1.29, 1.82) is 0 Å². The number of carbonyl (C=O) groups excluding carboxylic acids is 1. The number of aromatic nitrogens is 2. The highest BCUT2D eigenvalue weighted by molar-refractivity contribution is 8.07. The average Bonchev–Trinajstić information content (AvgIpc) is 3.23. The number of ether oxygens (including phenoxy) is 3. The number of nitrogens with zero attached hydrogens (tertiary/aromatic N) is 1. The smallest absolute Gasteiger partial charge is 0.330 e. The molecule has 5 unspecified atom stereocenters. The number of methoxy groups -OCH3 is 1. The SMILES string of the molecule is COCCOC1C(OP(O)(=S)OC)C(C(=O)N[C@H](Cc2ccccc2)C(=O)O)OC1n1cc(C)c(=O)[nH]c1=O. The summed E-state index contributed by atoms with van der Waals surface area (Å²) in [5.41, 5.74) is -0.663. The zero-order valence-electron chi connectivity index (χ0n) is 21.3. The van der Waals surface area contributed by atoms with Gasteiger partial charge in [0.2, 0.25) is 0 Å². The van der Waals surface area contributed by atoms with Crippen LogP contribution >= 0.6 is 6.72 Å². The van der Waals surface area contributed by atoms with Crippen LogP contribution in [-0.4, -0.2) is 83.2 Å². The molecule has 39 heavy (non-hydrogen) atoms. The number of benzene rings is 1. The van der Waals surface area contributed by atoms with E-state index in [0.717, 1.165) is 11.7 Å². The summed E-state index contributed by atoms with van der Waals surface area (Å²) >= 11 is 4.99. The van der Waals surface area contributed by atoms with Gasteiger partial charge in [0.05, 0.1) is 13.2 Å². The molecule has 1 aromatic carbocycles. The molecule has 0 saturated carbocycles. The standard InChI is InChI=1S/C23H30N3O11PS/c1-13-12-26(23(31)25-19(13)27)21-18(35-10-9-33-2)16(37-38(32,39)34-3)17(36-21)20(28)24-15(22(29)30)11-14-7-5-4-6-8-14/h4-8,12,15-18,21H,9-11H2,1-3H3,(H,24,28)(H,29,30)(H,32,39)(H,25,27,31)/t15-,16?,17?,18?,21?,38?/m1/s1. The number of amides is 1. The Balaban J connectivity index is 2.00. The summed E-state index contributed by atoms with van der Waals surface area (Å²) in [6.45, 7) is -2.40. The van der Waals surface area contributed by atoms with Crippen LogP contribution in [-0.2, 0) is 51.1 Å². The third kappa shape index (κ3) is 7.90. The molecule has 4 N–H and O–H groups in total. The number of carboxylic acid groups (broad SMARTS) is 1. The molecule has 1 aliphatic rings. The van der Waals surface area contributed by atoms with E-state index in [1.165, 1.54) is 20.2 Å². The van der Waals surface area contributed by atoms with Gasteiger partial charge < -0.3 is 34.1 Å². The number of aryl methyl sites for hydroxylation is 1. The van der Waals surface area contributed by atoms with Gasteiger partial charge in [-0.25, -0.2) is 9.59 Å². The largest absolute Gasteiger partial charge is 0.480 e. The Morgan fingerprint density at radius 2 is 1.90 bits per heavy atom. The molecule has 0 spiro atoms. The molecular formula is C23H30N3O11PS. The number of rotatable bonds is 13. The topological polar surface area (TPSA) is 188 Å². The van der Waals surface area contributed by atoms with E-state index in [-0.39, 0.29) is 25.2 Å². The lowest BCUT2D eigenvalue weighted by molar-refractivity contribution is -0.146. The van der Waals surface area contributed by atoms with E-state index in [1.54, 1.807) is 30.3 Å². The highest BCUT2D eigenvalue weighted by Crippen LogP contribution is 2.48. The Morgan fingerprint density at radius 3 is 2.51 bits per heavy atom. The van der Waals surface area contributed by atoms with Gasteiger partial charge in [-0.3, -0.25) is 23.7 Å². The fourth-order valence-corrected chi connectivity index (χ4v) is 4.83. The van der Waals surface area contributed by atoms with Crippen molar-refractivity contribution < 1.29 is 42.8 Å². The molecule has 214 valence electrons. The highest BCUT2D eigenvalue weighted by Gasteiger charge is 2.53. The number of carbonyl (C=O) groups is 2. The predicted molar refractivity (Wildman–Crippen MR) is 140 cm³/mol. The van der Waals surface area contributed by atoms with Crippen LogP contribution in [0, 0.1) is 6.92 Å². The monoisotopic (exact) mass is 587 g/mol. The van der Waals surface area contributed by atoms with Crippen LogP contribution in [0.5, 0.6) is 0 Å². The molecule has 1 amide bonds. The predicted octanol–water partition coefficient (Wildman–Crippen LogP) is -0.165. The Hall–Kier alpha value is -2.75. The van der Waals surface area contributed by atoms with Crippen LogP contribution in [0.4, 0.5) is 0 Å². The zero-order valence-corrected chi connectivity index (χ0v) is 23.1. The van der Waals surface area contributed by atoms with E-state index in [2.05, 4.69) is 10.3 Å². The summed E-state index contributed by atoms with van der Waals surface area (Å²) in [5.74, 6) is -2.23. The van der Waals surface area contributed by atoms with Crippen LogP contribution in [0.15, 0.2) is 46.1 Å². The van der Waals surface area contributed by atoms with E-state index in [4.69, 9.17) is 35.1 Å². The summed E-state index contributed by atoms with van der Waals surface area (Å²) in [5, 5.41) is 12.2. The first-order chi connectivity index (χ1) is 18.5. The summed E-state index contributed by atoms with van der Waals surface area (Å²) in [7, 11) is 2.54. The average molecular weight is 588 g/mol. The van der Waals surface area contributed by atoms with E-state index < -0.39 is 60.4 Å². The molecule has 2 aromatic rings. The number of H-pyrrole nitrogens is 1. The number of hydrogen-bond acceptors (Lipinski definition) is 10. The third-order valence-electron chi connectivity index (χ3n) is 5.85. The summed E-state index contributed by atoms with van der Waals surface area (Å²) in [4.78, 5) is 62.6. The zero-order chi connectivity index (χ0) is 28.7. The van der Waals surface area contributed by atoms with Crippen LogP contribution in [0.2, 0.25) is 0 Å². The lowest BCUT2D eigenvalue weighted by atomic mass is 10.0. The molecule has 14 nitrogen and oxygen atoms in total. The first-order valence-corrected chi connectivity index (χ1v) is 14.3. The minimum Gasteiger partial charge on any atom is -0.480 e. The molecule has 1 aliphatic heterocycles. The van der Waals surface area contributed by atoms with Gasteiger partial charge in [-0.2, -0.15) is 0 Å². The number of aromatic amines is 1. The van der Waals surface area contributed by atoms with Crippen molar-refractivity contribution in [2.45, 2.75) is 43.9 Å². The van der Waals surface area contributed by atoms with Crippen molar-refractivity contribution >= 4 is 30.4 Å². The number of nitrogens with one attached hydrogen (secondary N) is 2. The number of aliphatic carboxylic acids is 1. The van der Waals surface area contributed by atoms with Crippen molar-refractivity contribution in [3.05, 3.63) is 68.5 Å². The minimum absolute atomic E-state index is 0.0357. The molecule has 6 atom stereocenters. The lowest BCUT2D eigenvalue weighted by Crippen LogP contribution is -2.50. The maximum atomic E-state index is 13.4. The normalized spacial score (nSPS) is 23.2. The second-order valence-corrected chi connectivity index (χ2v) is 11.5. The van der Waals surface area contributed by atoms with Crippen molar-refractivity contribution in [3.63, 3.8) is 0 Å². The molecule has 0 bridgehead atoms. The lowest BCUT2D eigenvalue weighted by Gasteiger charge is -2.27. The second kappa shape index (κ2) is 13.5. The Bertz CT molecular complexity index is 1320. The van der Waals surface area contributed by atoms with Crippen LogP contribution in [0.1, 0.15) is 17.4 Å². The Labute approximate surface area is 228 Å².